The molecule has 3 rings (SSSR count). The molecule has 24 heavy (non-hydrogen) atoms. The Morgan fingerprint density at radius 3 is 2.75 bits per heavy atom. The van der Waals surface area contributed by atoms with Gasteiger partial charge in [-0.25, -0.2) is 9.07 Å². The summed E-state index contributed by atoms with van der Waals surface area (Å²) < 4.78 is 15.1. The van der Waals surface area contributed by atoms with Crippen LogP contribution in [0.1, 0.15) is 26.3 Å². The van der Waals surface area contributed by atoms with Crippen LogP contribution in [0.5, 0.6) is 0 Å². The zero-order valence-electron chi connectivity index (χ0n) is 14.2. The Morgan fingerprint density at radius 1 is 1.33 bits per heavy atom. The van der Waals surface area contributed by atoms with Crippen LogP contribution in [0.2, 0.25) is 0 Å². The lowest BCUT2D eigenvalue weighted by molar-refractivity contribution is 0.366. The zero-order chi connectivity index (χ0) is 17.5. The van der Waals surface area contributed by atoms with Crippen molar-refractivity contribution in [2.75, 3.05) is 11.9 Å². The molecule has 3 aromatic rings. The third-order valence-electron chi connectivity index (χ3n) is 3.73. The minimum atomic E-state index is -0.291. The molecule has 0 aliphatic carbocycles. The lowest BCUT2D eigenvalue weighted by atomic mass is 10.1. The van der Waals surface area contributed by atoms with E-state index in [4.69, 9.17) is 0 Å². The first kappa shape index (κ1) is 16.2. The molecule has 6 nitrogen and oxygen atoms in total. The van der Waals surface area contributed by atoms with Gasteiger partial charge in [-0.2, -0.15) is 10.1 Å². The van der Waals surface area contributed by atoms with Gasteiger partial charge in [0, 0.05) is 13.6 Å². The predicted octanol–water partition coefficient (Wildman–Crippen LogP) is 2.65. The van der Waals surface area contributed by atoms with Crippen LogP contribution in [-0.2, 0) is 12.1 Å². The van der Waals surface area contributed by atoms with Gasteiger partial charge >= 0.3 is 0 Å². The van der Waals surface area contributed by atoms with Crippen molar-refractivity contribution in [3.63, 3.8) is 0 Å². The summed E-state index contributed by atoms with van der Waals surface area (Å²) in [6.07, 6.45) is 1.53. The first-order chi connectivity index (χ1) is 11.3. The topological polar surface area (TPSA) is 66.8 Å². The molecule has 2 heterocycles. The number of rotatable bonds is 3. The second-order valence-corrected chi connectivity index (χ2v) is 6.84. The highest BCUT2D eigenvalue weighted by molar-refractivity contribution is 5.74. The summed E-state index contributed by atoms with van der Waals surface area (Å²) in [5.74, 6) is 0.131. The fourth-order valence-corrected chi connectivity index (χ4v) is 2.56. The van der Waals surface area contributed by atoms with E-state index in [2.05, 4.69) is 15.1 Å². The third kappa shape index (κ3) is 3.02. The maximum absolute atomic E-state index is 13.3. The van der Waals surface area contributed by atoms with Crippen molar-refractivity contribution in [2.24, 2.45) is 0 Å². The molecule has 126 valence electrons. The van der Waals surface area contributed by atoms with Crippen molar-refractivity contribution in [1.82, 2.24) is 19.7 Å². The van der Waals surface area contributed by atoms with E-state index >= 15 is 0 Å². The number of nitrogens with one attached hydrogen (secondary N) is 1. The highest BCUT2D eigenvalue weighted by atomic mass is 19.1. The van der Waals surface area contributed by atoms with Gasteiger partial charge in [-0.1, -0.05) is 12.1 Å². The Balaban J connectivity index is 2.01. The smallest absolute Gasteiger partial charge is 0.263 e. The molecular formula is C17H20FN5O. The molecule has 0 spiro atoms. The molecule has 0 radical (unpaired) electrons. The summed E-state index contributed by atoms with van der Waals surface area (Å²) in [5.41, 5.74) is 0.800. The molecule has 1 aromatic carbocycles. The van der Waals surface area contributed by atoms with E-state index < -0.39 is 0 Å². The lowest BCUT2D eigenvalue weighted by Gasteiger charge is -2.21. The number of benzene rings is 1. The standard InChI is InChI=1S/C17H20FN5O/c1-17(2,3)23-14-13(9-19-23)15(24)21-16(20-14)22(4)10-11-6-5-7-12(18)8-11/h5-9H,10H2,1-4H3,(H,20,21,24). The SMILES string of the molecule is CN(Cc1cccc(F)c1)c1nc2c(cnn2C(C)(C)C)c(=O)[nH]1. The normalized spacial score (nSPS) is 11.9. The quantitative estimate of drug-likeness (QED) is 0.802. The number of hydrogen-bond acceptors (Lipinski definition) is 4. The Hall–Kier alpha value is -2.70. The Bertz CT molecular complexity index is 938. The van der Waals surface area contributed by atoms with Crippen LogP contribution in [0.3, 0.4) is 0 Å². The predicted molar refractivity (Wildman–Crippen MR) is 91.7 cm³/mol. The monoisotopic (exact) mass is 329 g/mol. The van der Waals surface area contributed by atoms with Gasteiger partial charge in [-0.05, 0) is 38.5 Å². The van der Waals surface area contributed by atoms with Gasteiger partial charge in [0.05, 0.1) is 11.7 Å². The van der Waals surface area contributed by atoms with E-state index in [0.717, 1.165) is 5.56 Å². The molecule has 0 atom stereocenters. The van der Waals surface area contributed by atoms with Crippen molar-refractivity contribution < 1.29 is 4.39 Å². The van der Waals surface area contributed by atoms with Crippen LogP contribution in [-0.4, -0.2) is 26.8 Å². The van der Waals surface area contributed by atoms with Crippen LogP contribution in [0.4, 0.5) is 10.3 Å². The third-order valence-corrected chi connectivity index (χ3v) is 3.73. The molecule has 0 saturated heterocycles. The van der Waals surface area contributed by atoms with E-state index in [1.165, 1.54) is 18.3 Å². The highest BCUT2D eigenvalue weighted by Crippen LogP contribution is 2.20. The zero-order valence-corrected chi connectivity index (χ0v) is 14.2. The number of aromatic amines is 1. The van der Waals surface area contributed by atoms with E-state index in [0.29, 0.717) is 23.5 Å². The maximum atomic E-state index is 13.3. The average molecular weight is 329 g/mol. The van der Waals surface area contributed by atoms with E-state index in [1.807, 2.05) is 26.8 Å². The number of aromatic nitrogens is 4. The van der Waals surface area contributed by atoms with Crippen LogP contribution >= 0.6 is 0 Å². The minimum absolute atomic E-state index is 0.239. The fourth-order valence-electron chi connectivity index (χ4n) is 2.56. The number of fused-ring (bicyclic) bond motifs is 1. The molecule has 0 saturated carbocycles. The maximum Gasteiger partial charge on any atom is 0.263 e. The van der Waals surface area contributed by atoms with E-state index in [9.17, 15) is 9.18 Å². The number of H-pyrrole nitrogens is 1. The molecule has 0 fully saturated rings. The van der Waals surface area contributed by atoms with Crippen molar-refractivity contribution in [3.8, 4) is 0 Å². The van der Waals surface area contributed by atoms with Crippen LogP contribution < -0.4 is 10.5 Å². The van der Waals surface area contributed by atoms with Crippen LogP contribution in [0.15, 0.2) is 35.3 Å². The van der Waals surface area contributed by atoms with Gasteiger partial charge in [0.25, 0.3) is 5.56 Å². The Labute approximate surface area is 138 Å². The Kier molecular flexibility index (Phi) is 3.87. The average Bonchev–Trinajstić information content (AvgIpc) is 2.91. The number of nitrogens with zero attached hydrogens (tertiary/aromatic N) is 4. The van der Waals surface area contributed by atoms with Crippen molar-refractivity contribution in [1.29, 1.82) is 0 Å². The van der Waals surface area contributed by atoms with E-state index in [-0.39, 0.29) is 16.9 Å². The molecule has 0 aliphatic rings. The van der Waals surface area contributed by atoms with Gasteiger partial charge in [-0.15, -0.1) is 0 Å². The lowest BCUT2D eigenvalue weighted by Crippen LogP contribution is -2.26. The van der Waals surface area contributed by atoms with E-state index in [1.54, 1.807) is 22.7 Å². The fraction of sp³-hybridized carbons (Fsp3) is 0.353. The number of anilines is 1. The number of halogens is 1. The second-order valence-electron chi connectivity index (χ2n) is 6.84. The molecule has 1 N–H and O–H groups in total. The van der Waals surface area contributed by atoms with Crippen molar-refractivity contribution in [3.05, 3.63) is 52.2 Å². The minimum Gasteiger partial charge on any atom is -0.341 e. The van der Waals surface area contributed by atoms with Gasteiger partial charge in [0.1, 0.15) is 11.2 Å². The highest BCUT2D eigenvalue weighted by Gasteiger charge is 2.20. The summed E-state index contributed by atoms with van der Waals surface area (Å²) in [5, 5.41) is 4.74. The summed E-state index contributed by atoms with van der Waals surface area (Å²) in [6, 6.07) is 6.35. The molecule has 0 aliphatic heterocycles. The first-order valence-corrected chi connectivity index (χ1v) is 7.70. The summed E-state index contributed by atoms with van der Waals surface area (Å²) >= 11 is 0. The van der Waals surface area contributed by atoms with Crippen molar-refractivity contribution >= 4 is 17.0 Å². The van der Waals surface area contributed by atoms with Crippen LogP contribution in [0, 0.1) is 5.82 Å². The summed E-state index contributed by atoms with van der Waals surface area (Å²) in [6.45, 7) is 6.42. The molecule has 0 unspecified atom stereocenters. The number of hydrogen-bond donors (Lipinski definition) is 1. The largest absolute Gasteiger partial charge is 0.341 e. The van der Waals surface area contributed by atoms with Crippen molar-refractivity contribution in [2.45, 2.75) is 32.9 Å². The van der Waals surface area contributed by atoms with Gasteiger partial charge in [0.2, 0.25) is 5.95 Å². The van der Waals surface area contributed by atoms with Gasteiger partial charge in [-0.3, -0.25) is 9.78 Å². The molecule has 0 bridgehead atoms. The van der Waals surface area contributed by atoms with Gasteiger partial charge in [0.15, 0.2) is 5.65 Å². The molecule has 2 aromatic heterocycles. The molecule has 7 heteroatoms. The van der Waals surface area contributed by atoms with Gasteiger partial charge < -0.3 is 4.90 Å². The summed E-state index contributed by atoms with van der Waals surface area (Å²) in [4.78, 5) is 21.4. The van der Waals surface area contributed by atoms with Crippen LogP contribution in [0.25, 0.3) is 11.0 Å². The second kappa shape index (κ2) is 5.74. The molecular weight excluding hydrogens is 309 g/mol. The first-order valence-electron chi connectivity index (χ1n) is 7.70. The Morgan fingerprint density at radius 2 is 2.08 bits per heavy atom. The summed E-state index contributed by atoms with van der Waals surface area (Å²) in [7, 11) is 1.80. The molecule has 0 amide bonds.